The Morgan fingerprint density at radius 3 is 3.00 bits per heavy atom. The standard InChI is InChI=1S/C18H15N3O3S2/c1-3-6-21-16(22)15(26-18(21)20-17-19-11(2)9-25-17)8-12-4-5-13-14(7-12)24-10-23-13/h3-5,7-9H,1,6,10H2,2H3/b15-8-,20-18+. The molecule has 0 radical (unpaired) electrons. The SMILES string of the molecule is C=CCN1C(=O)/C(=C/c2ccc3c(c2)OCO3)S/C1=N/c1nc(C)cs1. The van der Waals surface area contributed by atoms with Gasteiger partial charge in [-0.3, -0.25) is 9.69 Å². The molecule has 4 rings (SSSR count). The van der Waals surface area contributed by atoms with Crippen molar-refractivity contribution in [2.24, 2.45) is 4.99 Å². The highest BCUT2D eigenvalue weighted by Crippen LogP contribution is 2.37. The zero-order chi connectivity index (χ0) is 18.1. The molecule has 8 heteroatoms. The first-order valence-electron chi connectivity index (χ1n) is 7.87. The molecule has 0 aliphatic carbocycles. The number of aliphatic imine (C=N–C) groups is 1. The number of thioether (sulfide) groups is 1. The molecule has 1 amide bonds. The molecule has 2 aliphatic rings. The number of rotatable bonds is 4. The van der Waals surface area contributed by atoms with Crippen molar-refractivity contribution in [1.82, 2.24) is 9.88 Å². The van der Waals surface area contributed by atoms with E-state index in [-0.39, 0.29) is 12.7 Å². The van der Waals surface area contributed by atoms with E-state index in [1.54, 1.807) is 11.0 Å². The Morgan fingerprint density at radius 2 is 2.23 bits per heavy atom. The molecule has 0 atom stereocenters. The van der Waals surface area contributed by atoms with Crippen LogP contribution in [0.2, 0.25) is 0 Å². The fourth-order valence-electron chi connectivity index (χ4n) is 2.51. The van der Waals surface area contributed by atoms with Gasteiger partial charge in [0.2, 0.25) is 11.9 Å². The molecule has 2 aromatic rings. The van der Waals surface area contributed by atoms with Gasteiger partial charge in [0.25, 0.3) is 5.91 Å². The lowest BCUT2D eigenvalue weighted by atomic mass is 10.2. The second-order valence-electron chi connectivity index (χ2n) is 5.59. The van der Waals surface area contributed by atoms with Gasteiger partial charge >= 0.3 is 0 Å². The van der Waals surface area contributed by atoms with Crippen molar-refractivity contribution in [1.29, 1.82) is 0 Å². The van der Waals surface area contributed by atoms with Gasteiger partial charge in [0.05, 0.1) is 10.6 Å². The van der Waals surface area contributed by atoms with Crippen molar-refractivity contribution in [3.63, 3.8) is 0 Å². The zero-order valence-corrected chi connectivity index (χ0v) is 15.6. The highest BCUT2D eigenvalue weighted by Gasteiger charge is 2.33. The summed E-state index contributed by atoms with van der Waals surface area (Å²) >= 11 is 2.78. The predicted octanol–water partition coefficient (Wildman–Crippen LogP) is 3.97. The Hall–Kier alpha value is -2.58. The van der Waals surface area contributed by atoms with E-state index in [4.69, 9.17) is 9.47 Å². The van der Waals surface area contributed by atoms with E-state index in [9.17, 15) is 4.79 Å². The summed E-state index contributed by atoms with van der Waals surface area (Å²) in [4.78, 5) is 23.9. The summed E-state index contributed by atoms with van der Waals surface area (Å²) in [5, 5.41) is 3.18. The number of carbonyl (C=O) groups excluding carboxylic acids is 1. The number of amidine groups is 1. The van der Waals surface area contributed by atoms with Gasteiger partial charge < -0.3 is 9.47 Å². The number of aromatic nitrogens is 1. The van der Waals surface area contributed by atoms with Crippen LogP contribution >= 0.6 is 23.1 Å². The quantitative estimate of drug-likeness (QED) is 0.589. The average Bonchev–Trinajstić information content (AvgIpc) is 3.31. The lowest BCUT2D eigenvalue weighted by Gasteiger charge is -2.11. The van der Waals surface area contributed by atoms with Crippen molar-refractivity contribution in [2.45, 2.75) is 6.92 Å². The van der Waals surface area contributed by atoms with Gasteiger partial charge in [-0.05, 0) is 42.5 Å². The van der Waals surface area contributed by atoms with Crippen LogP contribution < -0.4 is 9.47 Å². The summed E-state index contributed by atoms with van der Waals surface area (Å²) in [6.45, 7) is 6.27. The van der Waals surface area contributed by atoms with Crippen LogP contribution in [-0.2, 0) is 4.79 Å². The zero-order valence-electron chi connectivity index (χ0n) is 14.0. The van der Waals surface area contributed by atoms with Crippen LogP contribution in [0, 0.1) is 6.92 Å². The highest BCUT2D eigenvalue weighted by molar-refractivity contribution is 8.18. The van der Waals surface area contributed by atoms with Gasteiger partial charge in [0, 0.05) is 11.9 Å². The second-order valence-corrected chi connectivity index (χ2v) is 7.44. The number of ether oxygens (including phenoxy) is 2. The Kier molecular flexibility index (Phi) is 4.52. The molecule has 0 spiro atoms. The van der Waals surface area contributed by atoms with Crippen molar-refractivity contribution < 1.29 is 14.3 Å². The van der Waals surface area contributed by atoms with Crippen molar-refractivity contribution >= 4 is 45.4 Å². The topological polar surface area (TPSA) is 64.0 Å². The maximum atomic E-state index is 12.8. The monoisotopic (exact) mass is 385 g/mol. The van der Waals surface area contributed by atoms with Crippen LogP contribution in [-0.4, -0.2) is 34.3 Å². The third-order valence-corrected chi connectivity index (χ3v) is 5.55. The van der Waals surface area contributed by atoms with Gasteiger partial charge in [-0.1, -0.05) is 12.1 Å². The number of carbonyl (C=O) groups is 1. The molecule has 0 N–H and O–H groups in total. The first-order chi connectivity index (χ1) is 12.6. The van der Waals surface area contributed by atoms with Crippen LogP contribution in [0.1, 0.15) is 11.3 Å². The van der Waals surface area contributed by atoms with Gasteiger partial charge in [0.1, 0.15) is 0 Å². The number of aryl methyl sites for hydroxylation is 1. The number of amides is 1. The minimum Gasteiger partial charge on any atom is -0.454 e. The highest BCUT2D eigenvalue weighted by atomic mass is 32.2. The van der Waals surface area contributed by atoms with Crippen LogP contribution in [0.25, 0.3) is 6.08 Å². The number of hydrogen-bond acceptors (Lipinski definition) is 7. The van der Waals surface area contributed by atoms with Gasteiger partial charge in [-0.15, -0.1) is 17.9 Å². The molecular formula is C18H15N3O3S2. The molecule has 6 nitrogen and oxygen atoms in total. The molecule has 132 valence electrons. The van der Waals surface area contributed by atoms with E-state index >= 15 is 0 Å². The van der Waals surface area contributed by atoms with Gasteiger partial charge in [-0.25, -0.2) is 4.98 Å². The molecule has 0 saturated carbocycles. The normalized spacial score (nSPS) is 19.0. The fraction of sp³-hybridized carbons (Fsp3) is 0.167. The van der Waals surface area contributed by atoms with Gasteiger partial charge in [-0.2, -0.15) is 4.99 Å². The van der Waals surface area contributed by atoms with Gasteiger partial charge in [0.15, 0.2) is 16.7 Å². The third kappa shape index (κ3) is 3.25. The lowest BCUT2D eigenvalue weighted by molar-refractivity contribution is -0.121. The maximum Gasteiger partial charge on any atom is 0.267 e. The molecular weight excluding hydrogens is 370 g/mol. The van der Waals surface area contributed by atoms with E-state index in [0.29, 0.717) is 33.2 Å². The molecule has 1 fully saturated rings. The Labute approximate surface area is 158 Å². The third-order valence-electron chi connectivity index (χ3n) is 3.69. The van der Waals surface area contributed by atoms with E-state index in [1.165, 1.54) is 23.1 Å². The van der Waals surface area contributed by atoms with Crippen molar-refractivity contribution in [3.8, 4) is 11.5 Å². The number of nitrogens with zero attached hydrogens (tertiary/aromatic N) is 3. The Morgan fingerprint density at radius 1 is 1.38 bits per heavy atom. The number of fused-ring (bicyclic) bond motifs is 1. The average molecular weight is 385 g/mol. The van der Waals surface area contributed by atoms with E-state index in [2.05, 4.69) is 16.6 Å². The Bertz CT molecular complexity index is 949. The summed E-state index contributed by atoms with van der Waals surface area (Å²) in [7, 11) is 0. The van der Waals surface area contributed by atoms with Crippen LogP contribution in [0.5, 0.6) is 11.5 Å². The number of benzene rings is 1. The number of thiazole rings is 1. The second kappa shape index (κ2) is 6.97. The number of hydrogen-bond donors (Lipinski definition) is 0. The molecule has 1 aromatic carbocycles. The largest absolute Gasteiger partial charge is 0.454 e. The predicted molar refractivity (Wildman–Crippen MR) is 104 cm³/mol. The van der Waals surface area contributed by atoms with Crippen LogP contribution in [0.4, 0.5) is 5.13 Å². The van der Waals surface area contributed by atoms with E-state index in [1.807, 2.05) is 36.6 Å². The summed E-state index contributed by atoms with van der Waals surface area (Å²) < 4.78 is 10.7. The minimum absolute atomic E-state index is 0.0976. The maximum absolute atomic E-state index is 12.8. The summed E-state index contributed by atoms with van der Waals surface area (Å²) in [6.07, 6.45) is 3.52. The molecule has 3 heterocycles. The first kappa shape index (κ1) is 16.9. The first-order valence-corrected chi connectivity index (χ1v) is 9.56. The smallest absolute Gasteiger partial charge is 0.267 e. The molecule has 1 saturated heterocycles. The minimum atomic E-state index is -0.0976. The van der Waals surface area contributed by atoms with E-state index in [0.717, 1.165) is 11.3 Å². The van der Waals surface area contributed by atoms with Crippen LogP contribution in [0.3, 0.4) is 0 Å². The summed E-state index contributed by atoms with van der Waals surface area (Å²) in [5.74, 6) is 1.30. The fourth-order valence-corrected chi connectivity index (χ4v) is 4.22. The van der Waals surface area contributed by atoms with Crippen LogP contribution in [0.15, 0.2) is 46.1 Å². The Balaban J connectivity index is 1.66. The summed E-state index contributed by atoms with van der Waals surface area (Å²) in [6, 6.07) is 5.60. The molecule has 26 heavy (non-hydrogen) atoms. The summed E-state index contributed by atoms with van der Waals surface area (Å²) in [5.41, 5.74) is 1.78. The van der Waals surface area contributed by atoms with E-state index < -0.39 is 0 Å². The molecule has 2 aliphatic heterocycles. The lowest BCUT2D eigenvalue weighted by Crippen LogP contribution is -2.29. The molecule has 0 bridgehead atoms. The molecule has 1 aromatic heterocycles. The van der Waals surface area contributed by atoms with Crippen molar-refractivity contribution in [3.05, 3.63) is 52.4 Å². The molecule has 0 unspecified atom stereocenters. The van der Waals surface area contributed by atoms with Crippen molar-refractivity contribution in [2.75, 3.05) is 13.3 Å².